The molecule has 1 aromatic carbocycles. The summed E-state index contributed by atoms with van der Waals surface area (Å²) in [4.78, 5) is 0. The number of nitrogens with zero attached hydrogens (tertiary/aromatic N) is 1. The number of benzene rings is 1. The molecule has 0 aliphatic heterocycles. The van der Waals surface area contributed by atoms with Crippen molar-refractivity contribution in [1.29, 1.82) is 5.41 Å². The van der Waals surface area contributed by atoms with Crippen molar-refractivity contribution < 1.29 is 0 Å². The lowest BCUT2D eigenvalue weighted by Crippen LogP contribution is -2.16. The zero-order valence-electron chi connectivity index (χ0n) is 11.2. The van der Waals surface area contributed by atoms with E-state index in [1.807, 2.05) is 42.6 Å². The molecule has 0 saturated carbocycles. The molecule has 0 saturated heterocycles. The van der Waals surface area contributed by atoms with E-state index in [0.29, 0.717) is 5.49 Å². The number of nitrogens with two attached hydrogens (primary N) is 1. The number of nitrogens with one attached hydrogen (secondary N) is 1. The first kappa shape index (κ1) is 13.6. The number of hydrogen-bond donors (Lipinski definition) is 2. The van der Waals surface area contributed by atoms with E-state index in [1.165, 1.54) is 0 Å². The average molecular weight is 263 g/mol. The highest BCUT2D eigenvalue weighted by atomic mass is 15.0. The Kier molecular flexibility index (Phi) is 4.01. The van der Waals surface area contributed by atoms with Gasteiger partial charge in [-0.05, 0) is 41.5 Å². The highest BCUT2D eigenvalue weighted by Gasteiger charge is 2.00. The fraction of sp³-hybridized carbons (Fsp3) is 0. The van der Waals surface area contributed by atoms with E-state index >= 15 is 0 Å². The SMILES string of the molecule is C=CC=CC(=C)n1ccc(-c2ccc(N)cc2)cc1=N. The molecule has 20 heavy (non-hydrogen) atoms. The second-order valence-corrected chi connectivity index (χ2v) is 4.38. The molecule has 0 unspecified atom stereocenters. The van der Waals surface area contributed by atoms with Gasteiger partial charge in [-0.3, -0.25) is 5.41 Å². The first-order valence-corrected chi connectivity index (χ1v) is 6.23. The zero-order chi connectivity index (χ0) is 14.5. The van der Waals surface area contributed by atoms with Crippen LogP contribution in [0, 0.1) is 5.41 Å². The van der Waals surface area contributed by atoms with Gasteiger partial charge in [0.1, 0.15) is 5.49 Å². The number of allylic oxidation sites excluding steroid dienone is 4. The van der Waals surface area contributed by atoms with Crippen LogP contribution in [0.4, 0.5) is 5.69 Å². The van der Waals surface area contributed by atoms with Gasteiger partial charge in [-0.2, -0.15) is 0 Å². The largest absolute Gasteiger partial charge is 0.399 e. The molecule has 3 N–H and O–H groups in total. The third kappa shape index (κ3) is 2.95. The maximum atomic E-state index is 8.09. The number of rotatable bonds is 4. The molecule has 0 fully saturated rings. The molecule has 100 valence electrons. The number of hydrogen-bond acceptors (Lipinski definition) is 2. The topological polar surface area (TPSA) is 54.8 Å². The van der Waals surface area contributed by atoms with Crippen LogP contribution in [0.1, 0.15) is 0 Å². The van der Waals surface area contributed by atoms with Gasteiger partial charge < -0.3 is 10.3 Å². The predicted octanol–water partition coefficient (Wildman–Crippen LogP) is 3.43. The highest BCUT2D eigenvalue weighted by molar-refractivity contribution is 5.65. The van der Waals surface area contributed by atoms with Crippen LogP contribution in [0.25, 0.3) is 16.8 Å². The van der Waals surface area contributed by atoms with Crippen molar-refractivity contribution >= 4 is 11.4 Å². The average Bonchev–Trinajstić information content (AvgIpc) is 2.45. The molecule has 0 spiro atoms. The number of nitrogen functional groups attached to an aromatic ring is 1. The number of anilines is 1. The monoisotopic (exact) mass is 263 g/mol. The normalized spacial score (nSPS) is 10.6. The van der Waals surface area contributed by atoms with E-state index in [0.717, 1.165) is 22.5 Å². The molecule has 0 atom stereocenters. The summed E-state index contributed by atoms with van der Waals surface area (Å²) in [7, 11) is 0. The van der Waals surface area contributed by atoms with Gasteiger partial charge in [0, 0.05) is 17.6 Å². The van der Waals surface area contributed by atoms with Gasteiger partial charge in [0.25, 0.3) is 0 Å². The maximum absolute atomic E-state index is 8.09. The van der Waals surface area contributed by atoms with Crippen LogP contribution in [0.5, 0.6) is 0 Å². The molecule has 0 aliphatic rings. The maximum Gasteiger partial charge on any atom is 0.129 e. The molecule has 0 bridgehead atoms. The predicted molar refractivity (Wildman–Crippen MR) is 84.8 cm³/mol. The summed E-state index contributed by atoms with van der Waals surface area (Å²) in [6.07, 6.45) is 7.12. The fourth-order valence-electron chi connectivity index (χ4n) is 1.87. The van der Waals surface area contributed by atoms with Gasteiger partial charge >= 0.3 is 0 Å². The standard InChI is InChI=1S/C17H17N3/c1-3-4-5-13(2)20-11-10-15(12-17(20)19)14-6-8-16(18)9-7-14/h3-12,19H,1-2,18H2. The van der Waals surface area contributed by atoms with Gasteiger partial charge in [-0.15, -0.1) is 0 Å². The molecular formula is C17H17N3. The number of pyridine rings is 1. The van der Waals surface area contributed by atoms with E-state index < -0.39 is 0 Å². The lowest BCUT2D eigenvalue weighted by atomic mass is 10.1. The third-order valence-corrected chi connectivity index (χ3v) is 2.93. The lowest BCUT2D eigenvalue weighted by molar-refractivity contribution is 0.956. The van der Waals surface area contributed by atoms with E-state index in [-0.39, 0.29) is 0 Å². The van der Waals surface area contributed by atoms with Crippen LogP contribution in [0.2, 0.25) is 0 Å². The Morgan fingerprint density at radius 2 is 1.85 bits per heavy atom. The molecule has 0 amide bonds. The Morgan fingerprint density at radius 1 is 1.15 bits per heavy atom. The summed E-state index contributed by atoms with van der Waals surface area (Å²) in [5, 5.41) is 8.09. The molecule has 2 rings (SSSR count). The van der Waals surface area contributed by atoms with Gasteiger partial charge in [-0.25, -0.2) is 0 Å². The van der Waals surface area contributed by atoms with Crippen molar-refractivity contribution in [1.82, 2.24) is 4.57 Å². The second-order valence-electron chi connectivity index (χ2n) is 4.38. The Morgan fingerprint density at radius 3 is 2.45 bits per heavy atom. The summed E-state index contributed by atoms with van der Waals surface area (Å²) in [5.74, 6) is 0. The van der Waals surface area contributed by atoms with Crippen LogP contribution in [-0.4, -0.2) is 4.57 Å². The van der Waals surface area contributed by atoms with Crippen LogP contribution >= 0.6 is 0 Å². The Labute approximate surface area is 118 Å². The van der Waals surface area contributed by atoms with Crippen molar-refractivity contribution in [3.05, 3.63) is 79.5 Å². The van der Waals surface area contributed by atoms with Crippen LogP contribution in [0.3, 0.4) is 0 Å². The zero-order valence-corrected chi connectivity index (χ0v) is 11.2. The minimum atomic E-state index is 0.373. The minimum Gasteiger partial charge on any atom is -0.399 e. The van der Waals surface area contributed by atoms with Crippen molar-refractivity contribution in [3.8, 4) is 11.1 Å². The van der Waals surface area contributed by atoms with E-state index in [2.05, 4.69) is 13.2 Å². The molecule has 3 heteroatoms. The Balaban J connectivity index is 2.37. The second kappa shape index (κ2) is 5.89. The van der Waals surface area contributed by atoms with Gasteiger partial charge in [-0.1, -0.05) is 37.4 Å². The van der Waals surface area contributed by atoms with Crippen LogP contribution in [0.15, 0.2) is 74.0 Å². The van der Waals surface area contributed by atoms with E-state index in [9.17, 15) is 0 Å². The van der Waals surface area contributed by atoms with Gasteiger partial charge in [0.2, 0.25) is 0 Å². The lowest BCUT2D eigenvalue weighted by Gasteiger charge is -2.09. The summed E-state index contributed by atoms with van der Waals surface area (Å²) in [6.45, 7) is 7.54. The van der Waals surface area contributed by atoms with Crippen molar-refractivity contribution in [2.75, 3.05) is 5.73 Å². The minimum absolute atomic E-state index is 0.373. The fourth-order valence-corrected chi connectivity index (χ4v) is 1.87. The molecule has 2 aromatic rings. The van der Waals surface area contributed by atoms with Gasteiger partial charge in [0.05, 0.1) is 0 Å². The molecule has 0 radical (unpaired) electrons. The summed E-state index contributed by atoms with van der Waals surface area (Å²) in [5.41, 5.74) is 9.51. The van der Waals surface area contributed by atoms with E-state index in [4.69, 9.17) is 11.1 Å². The molecule has 0 aliphatic carbocycles. The first-order valence-electron chi connectivity index (χ1n) is 6.23. The molecule has 1 aromatic heterocycles. The molecule has 3 nitrogen and oxygen atoms in total. The third-order valence-electron chi connectivity index (χ3n) is 2.93. The quantitative estimate of drug-likeness (QED) is 0.644. The van der Waals surface area contributed by atoms with Crippen LogP contribution in [-0.2, 0) is 0 Å². The Hall–Kier alpha value is -2.81. The van der Waals surface area contributed by atoms with Gasteiger partial charge in [0.15, 0.2) is 0 Å². The van der Waals surface area contributed by atoms with E-state index in [1.54, 1.807) is 22.8 Å². The molecular weight excluding hydrogens is 246 g/mol. The van der Waals surface area contributed by atoms with Crippen LogP contribution < -0.4 is 11.2 Å². The Bertz CT molecular complexity index is 719. The summed E-state index contributed by atoms with van der Waals surface area (Å²) < 4.78 is 1.71. The number of aromatic nitrogens is 1. The van der Waals surface area contributed by atoms with Crippen molar-refractivity contribution in [2.24, 2.45) is 0 Å². The van der Waals surface area contributed by atoms with Crippen molar-refractivity contribution in [2.45, 2.75) is 0 Å². The summed E-state index contributed by atoms with van der Waals surface area (Å²) >= 11 is 0. The summed E-state index contributed by atoms with van der Waals surface area (Å²) in [6, 6.07) is 11.4. The van der Waals surface area contributed by atoms with Crippen molar-refractivity contribution in [3.63, 3.8) is 0 Å². The first-order chi connectivity index (χ1) is 9.61. The molecule has 1 heterocycles. The smallest absolute Gasteiger partial charge is 0.129 e. The highest BCUT2D eigenvalue weighted by Crippen LogP contribution is 2.19.